The molecule has 1 heterocycles. The van der Waals surface area contributed by atoms with Crippen molar-refractivity contribution in [2.45, 2.75) is 20.3 Å². The van der Waals surface area contributed by atoms with Gasteiger partial charge in [-0.25, -0.2) is 9.37 Å². The van der Waals surface area contributed by atoms with E-state index in [0.717, 1.165) is 0 Å². The van der Waals surface area contributed by atoms with Gasteiger partial charge in [0.25, 0.3) is 0 Å². The van der Waals surface area contributed by atoms with Crippen LogP contribution < -0.4 is 4.74 Å². The van der Waals surface area contributed by atoms with Gasteiger partial charge in [0.1, 0.15) is 22.5 Å². The molecular weight excluding hydrogens is 255 g/mol. The number of ether oxygens (including phenoxy) is 1. The molecule has 0 spiro atoms. The van der Waals surface area contributed by atoms with E-state index in [2.05, 4.69) is 9.97 Å². The van der Waals surface area contributed by atoms with Crippen molar-refractivity contribution in [3.63, 3.8) is 0 Å². The predicted octanol–water partition coefficient (Wildman–Crippen LogP) is 3.93. The topological polar surface area (TPSA) is 35.0 Å². The van der Waals surface area contributed by atoms with Crippen LogP contribution in [0.4, 0.5) is 4.39 Å². The van der Waals surface area contributed by atoms with Crippen LogP contribution in [0.15, 0.2) is 24.3 Å². The Kier molecular flexibility index (Phi) is 3.77. The van der Waals surface area contributed by atoms with Crippen molar-refractivity contribution in [2.75, 3.05) is 0 Å². The van der Waals surface area contributed by atoms with Gasteiger partial charge >= 0.3 is 0 Å². The normalized spacial score (nSPS) is 10.4. The third kappa shape index (κ3) is 2.76. The van der Waals surface area contributed by atoms with E-state index in [1.165, 1.54) is 24.3 Å². The van der Waals surface area contributed by atoms with E-state index < -0.39 is 0 Å². The van der Waals surface area contributed by atoms with Crippen LogP contribution in [0.2, 0.25) is 5.15 Å². The second-order valence-corrected chi connectivity index (χ2v) is 4.13. The number of hydrogen-bond donors (Lipinski definition) is 0. The van der Waals surface area contributed by atoms with Gasteiger partial charge in [0, 0.05) is 12.0 Å². The molecule has 0 aliphatic carbocycles. The summed E-state index contributed by atoms with van der Waals surface area (Å²) < 4.78 is 18.4. The summed E-state index contributed by atoms with van der Waals surface area (Å²) >= 11 is 6.00. The lowest BCUT2D eigenvalue weighted by atomic mass is 10.3. The molecule has 94 valence electrons. The highest BCUT2D eigenvalue weighted by Crippen LogP contribution is 2.27. The van der Waals surface area contributed by atoms with Crippen LogP contribution in [0.1, 0.15) is 18.3 Å². The molecule has 5 heteroatoms. The van der Waals surface area contributed by atoms with Crippen molar-refractivity contribution in [3.05, 3.63) is 46.6 Å². The Bertz CT molecular complexity index is 558. The molecule has 18 heavy (non-hydrogen) atoms. The lowest BCUT2D eigenvalue weighted by Gasteiger charge is -2.09. The summed E-state index contributed by atoms with van der Waals surface area (Å²) in [6, 6.07) is 5.73. The van der Waals surface area contributed by atoms with Crippen LogP contribution in [-0.2, 0) is 6.42 Å². The zero-order valence-corrected chi connectivity index (χ0v) is 10.8. The molecule has 0 radical (unpaired) electrons. The van der Waals surface area contributed by atoms with E-state index in [9.17, 15) is 4.39 Å². The molecule has 0 saturated carbocycles. The summed E-state index contributed by atoms with van der Waals surface area (Å²) in [6.45, 7) is 3.71. The Morgan fingerprint density at radius 1 is 1.22 bits per heavy atom. The Balaban J connectivity index is 2.33. The van der Waals surface area contributed by atoms with Crippen molar-refractivity contribution >= 4 is 11.6 Å². The first kappa shape index (κ1) is 12.8. The molecule has 0 unspecified atom stereocenters. The molecule has 2 rings (SSSR count). The number of aromatic nitrogens is 2. The second kappa shape index (κ2) is 5.31. The highest BCUT2D eigenvalue weighted by molar-refractivity contribution is 6.30. The fraction of sp³-hybridized carbons (Fsp3) is 0.231. The van der Waals surface area contributed by atoms with Crippen molar-refractivity contribution in [2.24, 2.45) is 0 Å². The van der Waals surface area contributed by atoms with Gasteiger partial charge in [0.05, 0.1) is 0 Å². The second-order valence-electron chi connectivity index (χ2n) is 3.77. The molecule has 1 aromatic carbocycles. The summed E-state index contributed by atoms with van der Waals surface area (Å²) in [5.41, 5.74) is 0.665. The number of benzene rings is 1. The Morgan fingerprint density at radius 2 is 1.89 bits per heavy atom. The third-order valence-corrected chi connectivity index (χ3v) is 2.80. The SMILES string of the molecule is CCc1nc(Cl)c(C)c(Oc2ccc(F)cc2)n1. The van der Waals surface area contributed by atoms with Crippen molar-refractivity contribution in [1.82, 2.24) is 9.97 Å². The van der Waals surface area contributed by atoms with E-state index in [-0.39, 0.29) is 5.82 Å². The lowest BCUT2D eigenvalue weighted by Crippen LogP contribution is -2.00. The van der Waals surface area contributed by atoms with Crippen LogP contribution in [0.5, 0.6) is 11.6 Å². The van der Waals surface area contributed by atoms with Crippen LogP contribution in [0.3, 0.4) is 0 Å². The van der Waals surface area contributed by atoms with Crippen molar-refractivity contribution in [1.29, 1.82) is 0 Å². The number of rotatable bonds is 3. The molecule has 0 amide bonds. The van der Waals surface area contributed by atoms with Crippen molar-refractivity contribution in [3.8, 4) is 11.6 Å². The largest absolute Gasteiger partial charge is 0.439 e. The molecule has 1 aromatic heterocycles. The fourth-order valence-electron chi connectivity index (χ4n) is 1.38. The Labute approximate surface area is 110 Å². The zero-order valence-electron chi connectivity index (χ0n) is 10.1. The van der Waals surface area contributed by atoms with Gasteiger partial charge in [-0.2, -0.15) is 4.98 Å². The minimum absolute atomic E-state index is 0.311. The van der Waals surface area contributed by atoms with E-state index in [0.29, 0.717) is 34.6 Å². The van der Waals surface area contributed by atoms with Crippen LogP contribution in [-0.4, -0.2) is 9.97 Å². The summed E-state index contributed by atoms with van der Waals surface area (Å²) in [6.07, 6.45) is 0.666. The molecule has 0 fully saturated rings. The smallest absolute Gasteiger partial charge is 0.226 e. The van der Waals surface area contributed by atoms with Gasteiger partial charge in [-0.1, -0.05) is 18.5 Å². The van der Waals surface area contributed by atoms with Gasteiger partial charge < -0.3 is 4.74 Å². The minimum Gasteiger partial charge on any atom is -0.439 e. The Morgan fingerprint density at radius 3 is 2.50 bits per heavy atom. The van der Waals surface area contributed by atoms with E-state index in [1.807, 2.05) is 6.92 Å². The summed E-state index contributed by atoms with van der Waals surface area (Å²) in [7, 11) is 0. The number of hydrogen-bond acceptors (Lipinski definition) is 3. The average Bonchev–Trinajstić information content (AvgIpc) is 2.37. The van der Waals surface area contributed by atoms with Crippen LogP contribution in [0, 0.1) is 12.7 Å². The van der Waals surface area contributed by atoms with E-state index in [4.69, 9.17) is 16.3 Å². The summed E-state index contributed by atoms with van der Waals surface area (Å²) in [5.74, 6) is 1.21. The highest BCUT2D eigenvalue weighted by atomic mass is 35.5. The molecule has 2 aromatic rings. The van der Waals surface area contributed by atoms with Crippen LogP contribution >= 0.6 is 11.6 Å². The number of nitrogens with zero attached hydrogens (tertiary/aromatic N) is 2. The number of halogens is 2. The van der Waals surface area contributed by atoms with Crippen LogP contribution in [0.25, 0.3) is 0 Å². The maximum atomic E-state index is 12.8. The third-order valence-electron chi connectivity index (χ3n) is 2.43. The molecule has 0 atom stereocenters. The van der Waals surface area contributed by atoms with E-state index >= 15 is 0 Å². The molecule has 3 nitrogen and oxygen atoms in total. The van der Waals surface area contributed by atoms with E-state index in [1.54, 1.807) is 6.92 Å². The first-order chi connectivity index (χ1) is 8.60. The molecule has 0 aliphatic rings. The first-order valence-electron chi connectivity index (χ1n) is 5.56. The quantitative estimate of drug-likeness (QED) is 0.790. The Hall–Kier alpha value is -1.68. The lowest BCUT2D eigenvalue weighted by molar-refractivity contribution is 0.453. The van der Waals surface area contributed by atoms with Gasteiger partial charge in [0.15, 0.2) is 0 Å². The monoisotopic (exact) mass is 266 g/mol. The minimum atomic E-state index is -0.311. The summed E-state index contributed by atoms with van der Waals surface area (Å²) in [4.78, 5) is 8.38. The molecular formula is C13H12ClFN2O. The maximum absolute atomic E-state index is 12.8. The molecule has 0 saturated heterocycles. The zero-order chi connectivity index (χ0) is 13.1. The summed E-state index contributed by atoms with van der Waals surface area (Å²) in [5, 5.41) is 0.374. The first-order valence-corrected chi connectivity index (χ1v) is 5.94. The fourth-order valence-corrected chi connectivity index (χ4v) is 1.56. The average molecular weight is 267 g/mol. The predicted molar refractivity (Wildman–Crippen MR) is 67.6 cm³/mol. The van der Waals surface area contributed by atoms with Gasteiger partial charge in [-0.15, -0.1) is 0 Å². The maximum Gasteiger partial charge on any atom is 0.226 e. The molecule has 0 aliphatic heterocycles. The van der Waals surface area contributed by atoms with Gasteiger partial charge in [-0.3, -0.25) is 0 Å². The van der Waals surface area contributed by atoms with Gasteiger partial charge in [-0.05, 0) is 31.2 Å². The van der Waals surface area contributed by atoms with Gasteiger partial charge in [0.2, 0.25) is 5.88 Å². The highest BCUT2D eigenvalue weighted by Gasteiger charge is 2.10. The molecule has 0 N–H and O–H groups in total. The standard InChI is InChI=1S/C13H12ClFN2O/c1-3-11-16-12(14)8(2)13(17-11)18-10-6-4-9(15)5-7-10/h4-7H,3H2,1-2H3. The van der Waals surface area contributed by atoms with Crippen molar-refractivity contribution < 1.29 is 9.13 Å². The number of aryl methyl sites for hydroxylation is 1. The molecule has 0 bridgehead atoms.